The Bertz CT molecular complexity index is 449. The van der Waals surface area contributed by atoms with Crippen LogP contribution >= 0.6 is 0 Å². The van der Waals surface area contributed by atoms with E-state index >= 15 is 0 Å². The first-order chi connectivity index (χ1) is 8.11. The van der Waals surface area contributed by atoms with Crippen LogP contribution < -0.4 is 4.90 Å². The van der Waals surface area contributed by atoms with E-state index in [0.717, 1.165) is 16.9 Å². The summed E-state index contributed by atoms with van der Waals surface area (Å²) in [5.41, 5.74) is 1.34. The van der Waals surface area contributed by atoms with Crippen LogP contribution in [0.15, 0.2) is 24.3 Å². The fraction of sp³-hybridized carbons (Fsp3) is 0.250. The van der Waals surface area contributed by atoms with Crippen molar-refractivity contribution in [1.29, 1.82) is 0 Å². The highest BCUT2D eigenvalue weighted by Gasteiger charge is 2.27. The Balaban J connectivity index is 2.19. The van der Waals surface area contributed by atoms with Crippen LogP contribution in [0.25, 0.3) is 0 Å². The zero-order chi connectivity index (χ0) is 12.4. The minimum atomic E-state index is -0.222. The quantitative estimate of drug-likeness (QED) is 0.543. The van der Waals surface area contributed by atoms with Gasteiger partial charge < -0.3 is 4.90 Å². The van der Waals surface area contributed by atoms with Gasteiger partial charge in [0.2, 0.25) is 11.8 Å². The van der Waals surface area contributed by atoms with Crippen molar-refractivity contribution in [2.45, 2.75) is 0 Å². The third-order valence-electron chi connectivity index (χ3n) is 2.79. The van der Waals surface area contributed by atoms with Gasteiger partial charge in [-0.1, -0.05) is 0 Å². The van der Waals surface area contributed by atoms with Gasteiger partial charge in [0, 0.05) is 18.3 Å². The van der Waals surface area contributed by atoms with Gasteiger partial charge in [-0.15, -0.1) is 0 Å². The largest absolute Gasteiger partial charge is 0.353 e. The molecular weight excluding hydrogens is 220 g/mol. The minimum Gasteiger partial charge on any atom is -0.353 e. The molecule has 1 saturated heterocycles. The molecule has 0 unspecified atom stereocenters. The van der Waals surface area contributed by atoms with Gasteiger partial charge in [-0.25, -0.2) is 0 Å². The van der Waals surface area contributed by atoms with Crippen LogP contribution in [0, 0.1) is 0 Å². The molecule has 0 atom stereocenters. The minimum absolute atomic E-state index is 0.183. The number of rotatable bonds is 2. The van der Waals surface area contributed by atoms with Crippen LogP contribution in [0.2, 0.25) is 0 Å². The number of likely N-dealkylation sites (N-methyl/N-ethyl adjacent to an activating group) is 1. The summed E-state index contributed by atoms with van der Waals surface area (Å²) in [6, 6.07) is 6.79. The molecule has 2 amide bonds. The molecule has 0 aromatic heterocycles. The van der Waals surface area contributed by atoms with Crippen LogP contribution in [0.4, 0.5) is 5.69 Å². The molecule has 0 spiro atoms. The number of benzene rings is 1. The highest BCUT2D eigenvalue weighted by Crippen LogP contribution is 2.17. The number of carbonyl (C=O) groups is 3. The van der Waals surface area contributed by atoms with Crippen LogP contribution in [0.5, 0.6) is 0 Å². The Morgan fingerprint density at radius 1 is 1.06 bits per heavy atom. The van der Waals surface area contributed by atoms with Gasteiger partial charge in [-0.2, -0.15) is 0 Å². The normalized spacial score (nSPS) is 16.3. The maximum Gasteiger partial charge on any atom is 0.248 e. The summed E-state index contributed by atoms with van der Waals surface area (Å²) in [5, 5.41) is 0. The maximum atomic E-state index is 11.5. The molecule has 1 aliphatic heterocycles. The van der Waals surface area contributed by atoms with E-state index in [4.69, 9.17) is 0 Å². The van der Waals surface area contributed by atoms with Gasteiger partial charge in [0.1, 0.15) is 6.29 Å². The number of aldehydes is 1. The number of carbonyl (C=O) groups excluding carboxylic acids is 3. The van der Waals surface area contributed by atoms with Gasteiger partial charge in [-0.05, 0) is 24.3 Å². The van der Waals surface area contributed by atoms with Gasteiger partial charge in [0.15, 0.2) is 0 Å². The first-order valence-electron chi connectivity index (χ1n) is 5.21. The molecule has 17 heavy (non-hydrogen) atoms. The van der Waals surface area contributed by atoms with Crippen LogP contribution in [0.1, 0.15) is 10.4 Å². The number of imide groups is 1. The Morgan fingerprint density at radius 3 is 2.06 bits per heavy atom. The lowest BCUT2D eigenvalue weighted by atomic mass is 10.2. The monoisotopic (exact) mass is 232 g/mol. The standard InChI is InChI=1S/C12H12N2O3/c1-13-11(16)6-14(7-12(13)17)10-4-2-9(8-15)3-5-10/h2-5,8H,6-7H2,1H3. The van der Waals surface area contributed by atoms with Gasteiger partial charge in [-0.3, -0.25) is 19.3 Å². The fourth-order valence-corrected chi connectivity index (χ4v) is 1.68. The van der Waals surface area contributed by atoms with Crippen molar-refractivity contribution in [3.8, 4) is 0 Å². The first kappa shape index (κ1) is 11.3. The van der Waals surface area contributed by atoms with E-state index in [1.165, 1.54) is 7.05 Å². The van der Waals surface area contributed by atoms with E-state index in [1.807, 2.05) is 0 Å². The Hall–Kier alpha value is -2.17. The SMILES string of the molecule is CN1C(=O)CN(c2ccc(C=O)cc2)CC1=O. The molecule has 1 aliphatic rings. The molecule has 1 aromatic rings. The smallest absolute Gasteiger partial charge is 0.248 e. The molecular formula is C12H12N2O3. The molecule has 5 nitrogen and oxygen atoms in total. The molecule has 0 radical (unpaired) electrons. The zero-order valence-electron chi connectivity index (χ0n) is 9.42. The van der Waals surface area contributed by atoms with Gasteiger partial charge >= 0.3 is 0 Å². The molecule has 0 N–H and O–H groups in total. The third kappa shape index (κ3) is 2.18. The summed E-state index contributed by atoms with van der Waals surface area (Å²) in [6.45, 7) is 0.366. The van der Waals surface area contributed by atoms with Gasteiger partial charge in [0.05, 0.1) is 13.1 Å². The second kappa shape index (κ2) is 4.37. The van der Waals surface area contributed by atoms with Crippen molar-refractivity contribution in [2.75, 3.05) is 25.0 Å². The van der Waals surface area contributed by atoms with E-state index in [0.29, 0.717) is 5.56 Å². The Morgan fingerprint density at radius 2 is 1.59 bits per heavy atom. The average Bonchev–Trinajstić information content (AvgIpc) is 2.35. The summed E-state index contributed by atoms with van der Waals surface area (Å²) in [6.07, 6.45) is 0.754. The number of nitrogens with zero attached hydrogens (tertiary/aromatic N) is 2. The summed E-state index contributed by atoms with van der Waals surface area (Å²) < 4.78 is 0. The van der Waals surface area contributed by atoms with E-state index in [9.17, 15) is 14.4 Å². The third-order valence-corrected chi connectivity index (χ3v) is 2.79. The highest BCUT2D eigenvalue weighted by molar-refractivity contribution is 6.02. The van der Waals surface area contributed by atoms with Crippen molar-refractivity contribution in [3.05, 3.63) is 29.8 Å². The van der Waals surface area contributed by atoms with Crippen LogP contribution in [0.3, 0.4) is 0 Å². The molecule has 5 heteroatoms. The molecule has 1 fully saturated rings. The molecule has 88 valence electrons. The second-order valence-corrected chi connectivity index (χ2v) is 3.91. The topological polar surface area (TPSA) is 57.7 Å². The van der Waals surface area contributed by atoms with Crippen molar-refractivity contribution in [1.82, 2.24) is 4.90 Å². The van der Waals surface area contributed by atoms with Gasteiger partial charge in [0.25, 0.3) is 0 Å². The van der Waals surface area contributed by atoms with Crippen LogP contribution in [-0.4, -0.2) is 43.1 Å². The number of hydrogen-bond donors (Lipinski definition) is 0. The predicted molar refractivity (Wildman–Crippen MR) is 61.8 cm³/mol. The number of amides is 2. The Kier molecular flexibility index (Phi) is 2.91. The van der Waals surface area contributed by atoms with Crippen molar-refractivity contribution in [3.63, 3.8) is 0 Å². The summed E-state index contributed by atoms with van der Waals surface area (Å²) in [7, 11) is 1.48. The summed E-state index contributed by atoms with van der Waals surface area (Å²) >= 11 is 0. The number of anilines is 1. The van der Waals surface area contributed by atoms with Crippen LogP contribution in [-0.2, 0) is 9.59 Å². The Labute approximate surface area is 98.6 Å². The second-order valence-electron chi connectivity index (χ2n) is 3.91. The molecule has 1 heterocycles. The van der Waals surface area contributed by atoms with Crippen molar-refractivity contribution < 1.29 is 14.4 Å². The van der Waals surface area contributed by atoms with Crippen molar-refractivity contribution in [2.24, 2.45) is 0 Å². The van der Waals surface area contributed by atoms with E-state index in [-0.39, 0.29) is 24.9 Å². The number of piperazine rings is 1. The average molecular weight is 232 g/mol. The summed E-state index contributed by atoms with van der Waals surface area (Å²) in [4.78, 5) is 36.4. The maximum absolute atomic E-state index is 11.5. The predicted octanol–water partition coefficient (Wildman–Crippen LogP) is 0.304. The molecule has 0 aliphatic carbocycles. The lowest BCUT2D eigenvalue weighted by Gasteiger charge is -2.31. The number of hydrogen-bond acceptors (Lipinski definition) is 4. The lowest BCUT2D eigenvalue weighted by molar-refractivity contribution is -0.143. The lowest BCUT2D eigenvalue weighted by Crippen LogP contribution is -2.52. The zero-order valence-corrected chi connectivity index (χ0v) is 9.42. The molecule has 0 saturated carbocycles. The molecule has 0 bridgehead atoms. The summed E-state index contributed by atoms with van der Waals surface area (Å²) in [5.74, 6) is -0.443. The first-order valence-corrected chi connectivity index (χ1v) is 5.21. The fourth-order valence-electron chi connectivity index (χ4n) is 1.68. The van der Waals surface area contributed by atoms with Crippen molar-refractivity contribution >= 4 is 23.8 Å². The molecule has 2 rings (SSSR count). The molecule has 1 aromatic carbocycles. The van der Waals surface area contributed by atoms with E-state index in [1.54, 1.807) is 29.2 Å². The highest BCUT2D eigenvalue weighted by atomic mass is 16.2. The van der Waals surface area contributed by atoms with E-state index < -0.39 is 0 Å². The van der Waals surface area contributed by atoms with E-state index in [2.05, 4.69) is 0 Å².